The third kappa shape index (κ3) is 1.76. The molecule has 2 heterocycles. The quantitative estimate of drug-likeness (QED) is 0.783. The lowest BCUT2D eigenvalue weighted by atomic mass is 9.92. The van der Waals surface area contributed by atoms with E-state index in [4.69, 9.17) is 0 Å². The van der Waals surface area contributed by atoms with E-state index in [1.807, 2.05) is 11.3 Å². The number of nitrogens with one attached hydrogen (secondary N) is 1. The maximum absolute atomic E-state index is 3.67. The largest absolute Gasteiger partial charge is 0.310 e. The van der Waals surface area contributed by atoms with Gasteiger partial charge >= 0.3 is 0 Å². The van der Waals surface area contributed by atoms with Crippen LogP contribution < -0.4 is 5.32 Å². The summed E-state index contributed by atoms with van der Waals surface area (Å²) in [5.74, 6) is 0.834. The van der Waals surface area contributed by atoms with Crippen molar-refractivity contribution in [1.82, 2.24) is 5.32 Å². The van der Waals surface area contributed by atoms with Crippen molar-refractivity contribution in [2.45, 2.75) is 25.8 Å². The molecule has 1 saturated heterocycles. The van der Waals surface area contributed by atoms with Gasteiger partial charge in [-0.25, -0.2) is 0 Å². The minimum Gasteiger partial charge on any atom is -0.310 e. The van der Waals surface area contributed by atoms with E-state index in [0.717, 1.165) is 12.5 Å². The summed E-state index contributed by atoms with van der Waals surface area (Å²) in [7, 11) is 0. The number of thiophene rings is 1. The van der Waals surface area contributed by atoms with Crippen molar-refractivity contribution >= 4 is 21.4 Å². The minimum atomic E-state index is 0.576. The molecule has 1 aromatic carbocycles. The molecule has 0 saturated carbocycles. The molecule has 1 aliphatic heterocycles. The normalized spacial score (nSPS) is 26.1. The number of piperidine rings is 1. The van der Waals surface area contributed by atoms with Crippen LogP contribution in [0.4, 0.5) is 0 Å². The molecule has 1 aromatic heterocycles. The summed E-state index contributed by atoms with van der Waals surface area (Å²) in [6, 6.07) is 9.31. The summed E-state index contributed by atoms with van der Waals surface area (Å²) < 4.78 is 1.41. The van der Waals surface area contributed by atoms with Gasteiger partial charge in [-0.3, -0.25) is 0 Å². The van der Waals surface area contributed by atoms with E-state index in [9.17, 15) is 0 Å². The van der Waals surface area contributed by atoms with E-state index in [-0.39, 0.29) is 0 Å². The van der Waals surface area contributed by atoms with Crippen molar-refractivity contribution in [3.05, 3.63) is 35.2 Å². The first kappa shape index (κ1) is 10.3. The van der Waals surface area contributed by atoms with Gasteiger partial charge in [-0.2, -0.15) is 0 Å². The van der Waals surface area contributed by atoms with Crippen LogP contribution in [0.1, 0.15) is 31.4 Å². The van der Waals surface area contributed by atoms with Crippen molar-refractivity contribution in [2.75, 3.05) is 6.54 Å². The van der Waals surface area contributed by atoms with E-state index < -0.39 is 0 Å². The van der Waals surface area contributed by atoms with E-state index >= 15 is 0 Å². The van der Waals surface area contributed by atoms with Gasteiger partial charge in [0.25, 0.3) is 0 Å². The van der Waals surface area contributed by atoms with Crippen LogP contribution in [0.2, 0.25) is 0 Å². The van der Waals surface area contributed by atoms with E-state index in [2.05, 4.69) is 41.9 Å². The SMILES string of the molecule is CC1CCC(c2csc3ccccc23)NC1. The molecule has 0 bridgehead atoms. The van der Waals surface area contributed by atoms with Crippen molar-refractivity contribution in [2.24, 2.45) is 5.92 Å². The molecule has 0 aliphatic carbocycles. The number of rotatable bonds is 1. The average molecular weight is 231 g/mol. The zero-order valence-electron chi connectivity index (χ0n) is 9.57. The Labute approximate surface area is 100 Å². The van der Waals surface area contributed by atoms with Crippen LogP contribution >= 0.6 is 11.3 Å². The van der Waals surface area contributed by atoms with Gasteiger partial charge in [-0.15, -0.1) is 11.3 Å². The molecule has 0 spiro atoms. The van der Waals surface area contributed by atoms with Gasteiger partial charge in [-0.1, -0.05) is 25.1 Å². The fraction of sp³-hybridized carbons (Fsp3) is 0.429. The van der Waals surface area contributed by atoms with Crippen LogP contribution in [0.15, 0.2) is 29.6 Å². The van der Waals surface area contributed by atoms with Crippen LogP contribution in [0, 0.1) is 5.92 Å². The van der Waals surface area contributed by atoms with E-state index in [0.29, 0.717) is 6.04 Å². The number of benzene rings is 1. The molecule has 2 atom stereocenters. The Hall–Kier alpha value is -0.860. The van der Waals surface area contributed by atoms with Gasteiger partial charge in [0.2, 0.25) is 0 Å². The Bertz CT molecular complexity index is 480. The Kier molecular flexibility index (Phi) is 2.70. The second kappa shape index (κ2) is 4.19. The van der Waals surface area contributed by atoms with Crippen LogP contribution in [-0.4, -0.2) is 6.54 Å². The van der Waals surface area contributed by atoms with Gasteiger partial charge in [0.15, 0.2) is 0 Å². The summed E-state index contributed by atoms with van der Waals surface area (Å²) in [5.41, 5.74) is 1.51. The molecule has 1 fully saturated rings. The molecular weight excluding hydrogens is 214 g/mol. The summed E-state index contributed by atoms with van der Waals surface area (Å²) in [6.45, 7) is 3.49. The molecule has 1 N–H and O–H groups in total. The molecule has 16 heavy (non-hydrogen) atoms. The minimum absolute atomic E-state index is 0.576. The van der Waals surface area contributed by atoms with Gasteiger partial charge < -0.3 is 5.32 Å². The first-order chi connectivity index (χ1) is 7.84. The molecule has 84 valence electrons. The Balaban J connectivity index is 1.94. The third-order valence-corrected chi connectivity index (χ3v) is 4.53. The third-order valence-electron chi connectivity index (χ3n) is 3.55. The highest BCUT2D eigenvalue weighted by atomic mass is 32.1. The predicted molar refractivity (Wildman–Crippen MR) is 71.0 cm³/mol. The smallest absolute Gasteiger partial charge is 0.0346 e. The highest BCUT2D eigenvalue weighted by Crippen LogP contribution is 2.34. The Morgan fingerprint density at radius 3 is 2.94 bits per heavy atom. The zero-order valence-corrected chi connectivity index (χ0v) is 10.4. The Morgan fingerprint density at radius 1 is 1.25 bits per heavy atom. The number of hydrogen-bond donors (Lipinski definition) is 1. The molecule has 2 aromatic rings. The van der Waals surface area contributed by atoms with Crippen molar-refractivity contribution in [1.29, 1.82) is 0 Å². The lowest BCUT2D eigenvalue weighted by Crippen LogP contribution is -2.31. The topological polar surface area (TPSA) is 12.0 Å². The van der Waals surface area contributed by atoms with Gasteiger partial charge in [0, 0.05) is 10.7 Å². The van der Waals surface area contributed by atoms with Crippen LogP contribution in [0.25, 0.3) is 10.1 Å². The lowest BCUT2D eigenvalue weighted by Gasteiger charge is -2.27. The standard InChI is InChI=1S/C14H17NS/c1-10-6-7-13(15-8-10)12-9-16-14-5-3-2-4-11(12)14/h2-5,9-10,13,15H,6-8H2,1H3. The first-order valence-corrected chi connectivity index (χ1v) is 6.92. The van der Waals surface area contributed by atoms with Crippen LogP contribution in [-0.2, 0) is 0 Å². The van der Waals surface area contributed by atoms with Crippen LogP contribution in [0.3, 0.4) is 0 Å². The molecule has 0 amide bonds. The highest BCUT2D eigenvalue weighted by Gasteiger charge is 2.20. The lowest BCUT2D eigenvalue weighted by molar-refractivity contribution is 0.334. The molecule has 0 radical (unpaired) electrons. The van der Waals surface area contributed by atoms with Crippen molar-refractivity contribution < 1.29 is 0 Å². The maximum Gasteiger partial charge on any atom is 0.0346 e. The van der Waals surface area contributed by atoms with Gasteiger partial charge in [0.1, 0.15) is 0 Å². The molecule has 3 rings (SSSR count). The first-order valence-electron chi connectivity index (χ1n) is 6.04. The second-order valence-electron chi connectivity index (χ2n) is 4.83. The summed E-state index contributed by atoms with van der Waals surface area (Å²) in [5, 5.41) is 7.45. The molecule has 2 heteroatoms. The summed E-state index contributed by atoms with van der Waals surface area (Å²) in [4.78, 5) is 0. The van der Waals surface area contributed by atoms with Crippen molar-refractivity contribution in [3.63, 3.8) is 0 Å². The van der Waals surface area contributed by atoms with Crippen LogP contribution in [0.5, 0.6) is 0 Å². The van der Waals surface area contributed by atoms with Crippen molar-refractivity contribution in [3.8, 4) is 0 Å². The number of hydrogen-bond acceptors (Lipinski definition) is 2. The maximum atomic E-state index is 3.67. The Morgan fingerprint density at radius 2 is 2.12 bits per heavy atom. The fourth-order valence-electron chi connectivity index (χ4n) is 2.53. The molecular formula is C14H17NS. The zero-order chi connectivity index (χ0) is 11.0. The highest BCUT2D eigenvalue weighted by molar-refractivity contribution is 7.17. The molecule has 2 unspecified atom stereocenters. The van der Waals surface area contributed by atoms with E-state index in [1.54, 1.807) is 0 Å². The second-order valence-corrected chi connectivity index (χ2v) is 5.74. The molecule has 1 aliphatic rings. The summed E-state index contributed by atoms with van der Waals surface area (Å²) in [6.07, 6.45) is 2.63. The molecule has 1 nitrogen and oxygen atoms in total. The predicted octanol–water partition coefficient (Wildman–Crippen LogP) is 3.96. The fourth-order valence-corrected chi connectivity index (χ4v) is 3.55. The summed E-state index contributed by atoms with van der Waals surface area (Å²) >= 11 is 1.87. The average Bonchev–Trinajstić information content (AvgIpc) is 2.74. The van der Waals surface area contributed by atoms with E-state index in [1.165, 1.54) is 28.5 Å². The number of fused-ring (bicyclic) bond motifs is 1. The van der Waals surface area contributed by atoms with Gasteiger partial charge in [0.05, 0.1) is 0 Å². The van der Waals surface area contributed by atoms with Gasteiger partial charge in [-0.05, 0) is 47.7 Å². The monoisotopic (exact) mass is 231 g/mol.